The van der Waals surface area contributed by atoms with E-state index in [9.17, 15) is 4.79 Å². The van der Waals surface area contributed by atoms with E-state index in [1.807, 2.05) is 47.9 Å². The molecule has 0 N–H and O–H groups in total. The number of halogens is 1. The molecule has 7 nitrogen and oxygen atoms in total. The second-order valence-corrected chi connectivity index (χ2v) is 7.30. The first-order valence-electron chi connectivity index (χ1n) is 8.21. The van der Waals surface area contributed by atoms with E-state index in [1.165, 1.54) is 11.8 Å². The minimum Gasteiger partial charge on any atom is -0.497 e. The summed E-state index contributed by atoms with van der Waals surface area (Å²) in [5.41, 5.74) is 0.901. The van der Waals surface area contributed by atoms with E-state index < -0.39 is 0 Å². The Hall–Kier alpha value is -2.39. The van der Waals surface area contributed by atoms with Crippen molar-refractivity contribution in [3.8, 4) is 11.4 Å². The topological polar surface area (TPSA) is 73.1 Å². The first-order valence-corrected chi connectivity index (χ1v) is 9.99. The quantitative estimate of drug-likeness (QED) is 0.515. The van der Waals surface area contributed by atoms with Crippen LogP contribution < -0.4 is 9.64 Å². The van der Waals surface area contributed by atoms with Crippen LogP contribution in [0.25, 0.3) is 5.69 Å². The number of amides is 1. The molecule has 0 saturated heterocycles. The van der Waals surface area contributed by atoms with Gasteiger partial charge in [0.15, 0.2) is 5.16 Å². The number of hydrogen-bond acceptors (Lipinski definition) is 6. The first kappa shape index (κ1) is 19.4. The Balaban J connectivity index is 1.70. The molecule has 1 aromatic carbocycles. The van der Waals surface area contributed by atoms with Gasteiger partial charge < -0.3 is 4.74 Å². The molecule has 1 amide bonds. The van der Waals surface area contributed by atoms with Crippen LogP contribution in [-0.2, 0) is 4.79 Å². The van der Waals surface area contributed by atoms with Gasteiger partial charge in [0.2, 0.25) is 5.91 Å². The molecule has 27 heavy (non-hydrogen) atoms. The van der Waals surface area contributed by atoms with E-state index in [0.29, 0.717) is 17.5 Å². The standard InChI is InChI=1S/C18H18BrN5O2S/c1-3-23(16-9-4-13(19)10-20-16)17(25)11-27-18-22-21-12-24(18)14-5-7-15(26-2)8-6-14/h4-10,12H,3,11H2,1-2H3. The number of thioether (sulfide) groups is 1. The lowest BCUT2D eigenvalue weighted by Crippen LogP contribution is -2.32. The SMILES string of the molecule is CCN(C(=O)CSc1nncn1-c1ccc(OC)cc1)c1ccc(Br)cn1. The molecule has 0 saturated carbocycles. The normalized spacial score (nSPS) is 10.6. The fraction of sp³-hybridized carbons (Fsp3) is 0.222. The maximum atomic E-state index is 12.7. The van der Waals surface area contributed by atoms with Crippen molar-refractivity contribution in [3.63, 3.8) is 0 Å². The Kier molecular flexibility index (Phi) is 6.46. The summed E-state index contributed by atoms with van der Waals surface area (Å²) < 4.78 is 7.89. The van der Waals surface area contributed by atoms with Crippen LogP contribution in [-0.4, -0.2) is 45.1 Å². The average molecular weight is 448 g/mol. The summed E-state index contributed by atoms with van der Waals surface area (Å²) in [7, 11) is 1.63. The number of carbonyl (C=O) groups is 1. The van der Waals surface area contributed by atoms with Crippen molar-refractivity contribution in [1.29, 1.82) is 0 Å². The van der Waals surface area contributed by atoms with E-state index in [1.54, 1.807) is 24.5 Å². The van der Waals surface area contributed by atoms with Crippen LogP contribution in [0.4, 0.5) is 5.82 Å². The molecule has 0 aliphatic carbocycles. The molecule has 3 rings (SSSR count). The van der Waals surface area contributed by atoms with E-state index in [4.69, 9.17) is 4.74 Å². The molecule has 2 aromatic heterocycles. The second-order valence-electron chi connectivity index (χ2n) is 5.44. The fourth-order valence-electron chi connectivity index (χ4n) is 2.44. The molecule has 0 aliphatic rings. The summed E-state index contributed by atoms with van der Waals surface area (Å²) >= 11 is 4.69. The van der Waals surface area contributed by atoms with E-state index >= 15 is 0 Å². The molecule has 0 atom stereocenters. The van der Waals surface area contributed by atoms with Crippen LogP contribution >= 0.6 is 27.7 Å². The highest BCUT2D eigenvalue weighted by molar-refractivity contribution is 9.10. The molecule has 0 unspecified atom stereocenters. The second kappa shape index (κ2) is 9.01. The molecular formula is C18H18BrN5O2S. The number of carbonyl (C=O) groups excluding carboxylic acids is 1. The number of aromatic nitrogens is 4. The molecule has 0 aliphatic heterocycles. The maximum Gasteiger partial charge on any atom is 0.238 e. The van der Waals surface area contributed by atoms with Crippen molar-refractivity contribution in [2.24, 2.45) is 0 Å². The number of anilines is 1. The lowest BCUT2D eigenvalue weighted by atomic mass is 10.3. The van der Waals surface area contributed by atoms with Crippen molar-refractivity contribution in [1.82, 2.24) is 19.7 Å². The predicted octanol–water partition coefficient (Wildman–Crippen LogP) is 3.58. The van der Waals surface area contributed by atoms with Gasteiger partial charge in [0.05, 0.1) is 12.9 Å². The summed E-state index contributed by atoms with van der Waals surface area (Å²) in [6, 6.07) is 11.2. The molecule has 140 valence electrons. The lowest BCUT2D eigenvalue weighted by Gasteiger charge is -2.19. The molecule has 9 heteroatoms. The highest BCUT2D eigenvalue weighted by Gasteiger charge is 2.17. The Morgan fingerprint density at radius 3 is 2.67 bits per heavy atom. The van der Waals surface area contributed by atoms with Crippen LogP contribution in [0.2, 0.25) is 0 Å². The summed E-state index contributed by atoms with van der Waals surface area (Å²) in [6.45, 7) is 2.46. The third-order valence-corrected chi connectivity index (χ3v) is 5.19. The maximum absolute atomic E-state index is 12.7. The molecule has 2 heterocycles. The lowest BCUT2D eigenvalue weighted by molar-refractivity contribution is -0.116. The largest absolute Gasteiger partial charge is 0.497 e. The number of ether oxygens (including phenoxy) is 1. The number of methoxy groups -OCH3 is 1. The Labute approximate surface area is 169 Å². The number of nitrogens with zero attached hydrogens (tertiary/aromatic N) is 5. The van der Waals surface area contributed by atoms with Crippen molar-refractivity contribution in [2.75, 3.05) is 24.3 Å². The zero-order valence-corrected chi connectivity index (χ0v) is 17.3. The van der Waals surface area contributed by atoms with Gasteiger partial charge in [-0.05, 0) is 59.3 Å². The first-order chi connectivity index (χ1) is 13.1. The molecular weight excluding hydrogens is 430 g/mol. The van der Waals surface area contributed by atoms with Gasteiger partial charge in [-0.2, -0.15) is 0 Å². The molecule has 0 radical (unpaired) electrons. The van der Waals surface area contributed by atoms with Crippen LogP contribution in [0.3, 0.4) is 0 Å². The third-order valence-electron chi connectivity index (χ3n) is 3.80. The summed E-state index contributed by atoms with van der Waals surface area (Å²) in [6.07, 6.45) is 3.31. The Bertz CT molecular complexity index is 899. The van der Waals surface area contributed by atoms with Crippen LogP contribution in [0.1, 0.15) is 6.92 Å². The molecule has 0 fully saturated rings. The predicted molar refractivity (Wildman–Crippen MR) is 109 cm³/mol. The number of rotatable bonds is 7. The molecule has 3 aromatic rings. The summed E-state index contributed by atoms with van der Waals surface area (Å²) in [5, 5.41) is 8.75. The smallest absolute Gasteiger partial charge is 0.238 e. The van der Waals surface area contributed by atoms with Crippen molar-refractivity contribution < 1.29 is 9.53 Å². The van der Waals surface area contributed by atoms with Gasteiger partial charge in [-0.1, -0.05) is 11.8 Å². The van der Waals surface area contributed by atoms with Gasteiger partial charge in [0.1, 0.15) is 17.9 Å². The van der Waals surface area contributed by atoms with Crippen LogP contribution in [0.5, 0.6) is 5.75 Å². The minimum absolute atomic E-state index is 0.0402. The zero-order chi connectivity index (χ0) is 19.2. The number of pyridine rings is 1. The van der Waals surface area contributed by atoms with Gasteiger partial charge in [0, 0.05) is 22.9 Å². The minimum atomic E-state index is -0.0402. The number of benzene rings is 1. The fourth-order valence-corrected chi connectivity index (χ4v) is 3.48. The monoisotopic (exact) mass is 447 g/mol. The van der Waals surface area contributed by atoms with Gasteiger partial charge in [0.25, 0.3) is 0 Å². The van der Waals surface area contributed by atoms with Crippen LogP contribution in [0, 0.1) is 0 Å². The third kappa shape index (κ3) is 4.67. The highest BCUT2D eigenvalue weighted by Crippen LogP contribution is 2.23. The molecule has 0 spiro atoms. The Morgan fingerprint density at radius 1 is 1.26 bits per heavy atom. The highest BCUT2D eigenvalue weighted by atomic mass is 79.9. The Morgan fingerprint density at radius 2 is 2.04 bits per heavy atom. The summed E-state index contributed by atoms with van der Waals surface area (Å²) in [5.74, 6) is 1.60. The van der Waals surface area contributed by atoms with Gasteiger partial charge in [-0.15, -0.1) is 10.2 Å². The van der Waals surface area contributed by atoms with Crippen molar-refractivity contribution >= 4 is 39.4 Å². The number of hydrogen-bond donors (Lipinski definition) is 0. The van der Waals surface area contributed by atoms with Gasteiger partial charge in [-0.3, -0.25) is 14.3 Å². The average Bonchev–Trinajstić information content (AvgIpc) is 3.17. The summed E-state index contributed by atoms with van der Waals surface area (Å²) in [4.78, 5) is 18.6. The van der Waals surface area contributed by atoms with Gasteiger partial charge >= 0.3 is 0 Å². The van der Waals surface area contributed by atoms with Crippen LogP contribution in [0.15, 0.2) is 58.6 Å². The van der Waals surface area contributed by atoms with Crippen molar-refractivity contribution in [3.05, 3.63) is 53.4 Å². The van der Waals surface area contributed by atoms with Crippen molar-refractivity contribution in [2.45, 2.75) is 12.1 Å². The van der Waals surface area contributed by atoms with Gasteiger partial charge in [-0.25, -0.2) is 4.98 Å². The van der Waals surface area contributed by atoms with E-state index in [2.05, 4.69) is 31.1 Å². The molecule has 0 bridgehead atoms. The zero-order valence-electron chi connectivity index (χ0n) is 14.9. The van der Waals surface area contributed by atoms with E-state index in [0.717, 1.165) is 15.9 Å². The van der Waals surface area contributed by atoms with E-state index in [-0.39, 0.29) is 11.7 Å².